The average Bonchev–Trinajstić information content (AvgIpc) is 3.02. The Hall–Kier alpha value is -0.300. The van der Waals surface area contributed by atoms with Crippen LogP contribution in [-0.2, 0) is 6.42 Å². The maximum absolute atomic E-state index is 3.76. The van der Waals surface area contributed by atoms with Crippen LogP contribution in [0.5, 0.6) is 0 Å². The number of benzene rings is 1. The monoisotopic (exact) mass is 320 g/mol. The number of hydrogen-bond acceptors (Lipinski definition) is 0. The molecule has 2 bridgehead atoms. The molecule has 0 spiro atoms. The van der Waals surface area contributed by atoms with Crippen LogP contribution >= 0.6 is 15.9 Å². The highest BCUT2D eigenvalue weighted by molar-refractivity contribution is 9.09. The van der Waals surface area contributed by atoms with Crippen molar-refractivity contribution in [3.63, 3.8) is 0 Å². The third-order valence-corrected chi connectivity index (χ3v) is 6.42. The van der Waals surface area contributed by atoms with Crippen molar-refractivity contribution in [3.8, 4) is 0 Å². The van der Waals surface area contributed by atoms with Gasteiger partial charge in [0.15, 0.2) is 0 Å². The van der Waals surface area contributed by atoms with Gasteiger partial charge in [-0.2, -0.15) is 0 Å². The second-order valence-corrected chi connectivity index (χ2v) is 7.47. The number of fused-ring (bicyclic) bond motifs is 2. The zero-order valence-corrected chi connectivity index (χ0v) is 13.5. The van der Waals surface area contributed by atoms with Gasteiger partial charge in [-0.25, -0.2) is 0 Å². The minimum Gasteiger partial charge on any atom is -0.0925 e. The van der Waals surface area contributed by atoms with E-state index < -0.39 is 0 Å². The van der Waals surface area contributed by atoms with E-state index in [0.29, 0.717) is 0 Å². The third kappa shape index (κ3) is 3.07. The molecular weight excluding hydrogens is 296 g/mol. The standard InChI is InChI=1S/C18H25Br/c1-13-4-2-3-5-16(13)10-15(12-19)11-18-9-14-6-7-17(18)8-14/h2-5,14-15,17-18H,6-12H2,1H3. The summed E-state index contributed by atoms with van der Waals surface area (Å²) < 4.78 is 0. The molecule has 2 aliphatic rings. The molecule has 104 valence electrons. The highest BCUT2D eigenvalue weighted by Gasteiger charge is 2.39. The zero-order valence-electron chi connectivity index (χ0n) is 11.9. The van der Waals surface area contributed by atoms with Crippen LogP contribution in [0.1, 0.15) is 43.2 Å². The lowest BCUT2D eigenvalue weighted by Gasteiger charge is -2.26. The molecule has 0 radical (unpaired) electrons. The molecule has 1 aromatic carbocycles. The summed E-state index contributed by atoms with van der Waals surface area (Å²) in [4.78, 5) is 0. The first-order valence-electron chi connectivity index (χ1n) is 7.86. The second kappa shape index (κ2) is 5.99. The summed E-state index contributed by atoms with van der Waals surface area (Å²) in [5, 5.41) is 1.16. The maximum atomic E-state index is 3.76. The van der Waals surface area contributed by atoms with E-state index in [1.54, 1.807) is 12.0 Å². The number of hydrogen-bond donors (Lipinski definition) is 0. The van der Waals surface area contributed by atoms with Crippen LogP contribution in [0.3, 0.4) is 0 Å². The maximum Gasteiger partial charge on any atom is 0.00629 e. The lowest BCUT2D eigenvalue weighted by Crippen LogP contribution is -2.18. The molecule has 4 unspecified atom stereocenters. The molecule has 1 aromatic rings. The van der Waals surface area contributed by atoms with E-state index in [9.17, 15) is 0 Å². The smallest absolute Gasteiger partial charge is 0.00629 e. The van der Waals surface area contributed by atoms with Gasteiger partial charge in [0.2, 0.25) is 0 Å². The summed E-state index contributed by atoms with van der Waals surface area (Å²) in [6.45, 7) is 2.25. The minimum atomic E-state index is 0.824. The Kier molecular flexibility index (Phi) is 4.31. The molecule has 4 atom stereocenters. The van der Waals surface area contributed by atoms with Gasteiger partial charge in [0.25, 0.3) is 0 Å². The van der Waals surface area contributed by atoms with Crippen molar-refractivity contribution in [1.82, 2.24) is 0 Å². The zero-order chi connectivity index (χ0) is 13.2. The fourth-order valence-electron chi connectivity index (χ4n) is 4.44. The number of alkyl halides is 1. The van der Waals surface area contributed by atoms with E-state index in [-0.39, 0.29) is 0 Å². The largest absolute Gasteiger partial charge is 0.0925 e. The van der Waals surface area contributed by atoms with Gasteiger partial charge in [0.05, 0.1) is 0 Å². The molecule has 0 saturated heterocycles. The van der Waals surface area contributed by atoms with Gasteiger partial charge in [-0.15, -0.1) is 0 Å². The van der Waals surface area contributed by atoms with E-state index in [4.69, 9.17) is 0 Å². The Labute approximate surface area is 126 Å². The fourth-order valence-corrected chi connectivity index (χ4v) is 4.94. The lowest BCUT2D eigenvalue weighted by atomic mass is 9.81. The van der Waals surface area contributed by atoms with Crippen molar-refractivity contribution in [3.05, 3.63) is 35.4 Å². The molecule has 3 rings (SSSR count). The molecule has 2 fully saturated rings. The topological polar surface area (TPSA) is 0 Å². The molecule has 0 amide bonds. The second-order valence-electron chi connectivity index (χ2n) is 6.82. The quantitative estimate of drug-likeness (QED) is 0.639. The first kappa shape index (κ1) is 13.7. The highest BCUT2D eigenvalue weighted by atomic mass is 79.9. The molecule has 2 saturated carbocycles. The Morgan fingerprint density at radius 1 is 1.21 bits per heavy atom. The van der Waals surface area contributed by atoms with Gasteiger partial charge in [-0.3, -0.25) is 0 Å². The van der Waals surface area contributed by atoms with Crippen molar-refractivity contribution < 1.29 is 0 Å². The van der Waals surface area contributed by atoms with Gasteiger partial charge >= 0.3 is 0 Å². The summed E-state index contributed by atoms with van der Waals surface area (Å²) in [5.74, 6) is 4.02. The van der Waals surface area contributed by atoms with Crippen LogP contribution in [0.15, 0.2) is 24.3 Å². The van der Waals surface area contributed by atoms with Crippen molar-refractivity contribution >= 4 is 15.9 Å². The van der Waals surface area contributed by atoms with Crippen LogP contribution in [0, 0.1) is 30.6 Å². The highest BCUT2D eigenvalue weighted by Crippen LogP contribution is 2.50. The normalized spacial score (nSPS) is 30.7. The van der Waals surface area contributed by atoms with Crippen molar-refractivity contribution in [2.75, 3.05) is 5.33 Å². The molecule has 0 N–H and O–H groups in total. The lowest BCUT2D eigenvalue weighted by molar-refractivity contribution is 0.277. The van der Waals surface area contributed by atoms with E-state index in [0.717, 1.165) is 29.0 Å². The van der Waals surface area contributed by atoms with Gasteiger partial charge < -0.3 is 0 Å². The molecule has 0 heterocycles. The van der Waals surface area contributed by atoms with Crippen molar-refractivity contribution in [1.29, 1.82) is 0 Å². The van der Waals surface area contributed by atoms with Crippen molar-refractivity contribution in [2.45, 2.75) is 45.4 Å². The van der Waals surface area contributed by atoms with Crippen molar-refractivity contribution in [2.24, 2.45) is 23.7 Å². The summed E-state index contributed by atoms with van der Waals surface area (Å²) in [7, 11) is 0. The number of aryl methyl sites for hydroxylation is 1. The predicted molar refractivity (Wildman–Crippen MR) is 85.7 cm³/mol. The molecule has 1 heteroatoms. The molecule has 0 nitrogen and oxygen atoms in total. The average molecular weight is 321 g/mol. The number of rotatable bonds is 5. The van der Waals surface area contributed by atoms with Crippen LogP contribution in [0.2, 0.25) is 0 Å². The van der Waals surface area contributed by atoms with E-state index in [1.807, 2.05) is 0 Å². The number of halogens is 1. The van der Waals surface area contributed by atoms with Gasteiger partial charge in [-0.1, -0.05) is 46.6 Å². The van der Waals surface area contributed by atoms with E-state index in [1.165, 1.54) is 37.7 Å². The molecule has 0 aromatic heterocycles. The Balaban J connectivity index is 1.60. The summed E-state index contributed by atoms with van der Waals surface area (Å²) in [6, 6.07) is 8.90. The van der Waals surface area contributed by atoms with Crippen LogP contribution in [-0.4, -0.2) is 5.33 Å². The summed E-state index contributed by atoms with van der Waals surface area (Å²) in [6.07, 6.45) is 8.82. The first-order chi connectivity index (χ1) is 9.26. The minimum absolute atomic E-state index is 0.824. The summed E-state index contributed by atoms with van der Waals surface area (Å²) >= 11 is 3.76. The van der Waals surface area contributed by atoms with Gasteiger partial charge in [0, 0.05) is 5.33 Å². The molecule has 2 aliphatic carbocycles. The summed E-state index contributed by atoms with van der Waals surface area (Å²) in [5.41, 5.74) is 3.01. The molecule has 0 aliphatic heterocycles. The fraction of sp³-hybridized carbons (Fsp3) is 0.667. The Morgan fingerprint density at radius 3 is 2.68 bits per heavy atom. The third-order valence-electron chi connectivity index (χ3n) is 5.51. The first-order valence-corrected chi connectivity index (χ1v) is 8.99. The van der Waals surface area contributed by atoms with E-state index in [2.05, 4.69) is 47.1 Å². The molecular formula is C18H25Br. The predicted octanol–water partition coefficient (Wildman–Crippen LogP) is 5.37. The van der Waals surface area contributed by atoms with Crippen LogP contribution in [0.25, 0.3) is 0 Å². The van der Waals surface area contributed by atoms with E-state index >= 15 is 0 Å². The van der Waals surface area contributed by atoms with Crippen LogP contribution < -0.4 is 0 Å². The molecule has 19 heavy (non-hydrogen) atoms. The Bertz CT molecular complexity index is 425. The van der Waals surface area contributed by atoms with Crippen LogP contribution in [0.4, 0.5) is 0 Å². The van der Waals surface area contributed by atoms with Gasteiger partial charge in [-0.05, 0) is 73.8 Å². The van der Waals surface area contributed by atoms with Gasteiger partial charge in [0.1, 0.15) is 0 Å². The SMILES string of the molecule is Cc1ccccc1CC(CBr)CC1CC2CCC1C2. The Morgan fingerprint density at radius 2 is 2.05 bits per heavy atom.